The highest BCUT2D eigenvalue weighted by atomic mass is 16.5. The number of methoxy groups -OCH3 is 2. The number of benzene rings is 1. The smallest absolute Gasteiger partial charge is 0.222 e. The fraction of sp³-hybridized carbons (Fsp3) is 0.182. The molecule has 1 heterocycles. The lowest BCUT2D eigenvalue weighted by atomic mass is 10.1. The van der Waals surface area contributed by atoms with E-state index < -0.39 is 0 Å². The van der Waals surface area contributed by atoms with Crippen LogP contribution in [0, 0.1) is 0 Å². The van der Waals surface area contributed by atoms with Gasteiger partial charge in [-0.3, -0.25) is 0 Å². The van der Waals surface area contributed by atoms with E-state index in [4.69, 9.17) is 19.7 Å². The van der Waals surface area contributed by atoms with Crippen molar-refractivity contribution in [3.8, 4) is 22.8 Å². The molecular formula is C11H12N2O3. The number of nitrogens with zero attached hydrogens (tertiary/aromatic N) is 1. The fourth-order valence-corrected chi connectivity index (χ4v) is 1.38. The Balaban J connectivity index is 2.47. The van der Waals surface area contributed by atoms with Crippen LogP contribution in [0.5, 0.6) is 11.5 Å². The van der Waals surface area contributed by atoms with Crippen molar-refractivity contribution < 1.29 is 14.0 Å². The van der Waals surface area contributed by atoms with Crippen molar-refractivity contribution in [2.75, 3.05) is 20.0 Å². The van der Waals surface area contributed by atoms with Crippen LogP contribution in [0.1, 0.15) is 0 Å². The number of nitrogen functional groups attached to an aromatic ring is 1. The molecule has 5 nitrogen and oxygen atoms in total. The summed E-state index contributed by atoms with van der Waals surface area (Å²) in [7, 11) is 3.19. The Morgan fingerprint density at radius 3 is 2.12 bits per heavy atom. The van der Waals surface area contributed by atoms with Crippen molar-refractivity contribution in [1.82, 2.24) is 5.16 Å². The van der Waals surface area contributed by atoms with E-state index in [0.29, 0.717) is 17.2 Å². The molecule has 0 spiro atoms. The number of ether oxygens (including phenoxy) is 2. The molecule has 0 radical (unpaired) electrons. The van der Waals surface area contributed by atoms with Crippen molar-refractivity contribution in [3.63, 3.8) is 0 Å². The van der Waals surface area contributed by atoms with Crippen LogP contribution in [-0.4, -0.2) is 19.4 Å². The Labute approximate surface area is 92.8 Å². The van der Waals surface area contributed by atoms with Crippen LogP contribution in [0.15, 0.2) is 28.8 Å². The summed E-state index contributed by atoms with van der Waals surface area (Å²) in [6.07, 6.45) is 0. The third kappa shape index (κ3) is 1.93. The first kappa shape index (κ1) is 10.4. The van der Waals surface area contributed by atoms with Crippen LogP contribution in [0.4, 0.5) is 5.88 Å². The summed E-state index contributed by atoms with van der Waals surface area (Å²) < 4.78 is 15.1. The molecule has 0 aliphatic carbocycles. The Hall–Kier alpha value is -2.17. The van der Waals surface area contributed by atoms with Gasteiger partial charge in [-0.1, -0.05) is 5.16 Å². The lowest BCUT2D eigenvalue weighted by Gasteiger charge is -2.06. The first-order chi connectivity index (χ1) is 7.72. The number of rotatable bonds is 3. The standard InChI is InChI=1S/C11H12N2O3/c1-14-8-3-7(4-9(5-8)15-2)10-6-11(12)16-13-10/h3-6H,12H2,1-2H3. The molecule has 0 fully saturated rings. The molecule has 0 atom stereocenters. The molecule has 0 aliphatic rings. The van der Waals surface area contributed by atoms with Crippen molar-refractivity contribution >= 4 is 5.88 Å². The van der Waals surface area contributed by atoms with Gasteiger partial charge in [0.25, 0.3) is 0 Å². The Morgan fingerprint density at radius 2 is 1.69 bits per heavy atom. The van der Waals surface area contributed by atoms with Crippen molar-refractivity contribution in [1.29, 1.82) is 0 Å². The van der Waals surface area contributed by atoms with Gasteiger partial charge in [0.15, 0.2) is 0 Å². The van der Waals surface area contributed by atoms with E-state index in [0.717, 1.165) is 5.56 Å². The van der Waals surface area contributed by atoms with Crippen LogP contribution >= 0.6 is 0 Å². The lowest BCUT2D eigenvalue weighted by molar-refractivity contribution is 0.394. The van der Waals surface area contributed by atoms with E-state index in [1.54, 1.807) is 26.4 Å². The predicted octanol–water partition coefficient (Wildman–Crippen LogP) is 1.94. The number of nitrogens with two attached hydrogens (primary N) is 1. The highest BCUT2D eigenvalue weighted by Crippen LogP contribution is 2.29. The van der Waals surface area contributed by atoms with Crippen LogP contribution in [0.25, 0.3) is 11.3 Å². The van der Waals surface area contributed by atoms with Gasteiger partial charge in [0.05, 0.1) is 14.2 Å². The minimum absolute atomic E-state index is 0.275. The summed E-state index contributed by atoms with van der Waals surface area (Å²) in [6, 6.07) is 7.10. The molecule has 0 bridgehead atoms. The molecular weight excluding hydrogens is 208 g/mol. The summed E-state index contributed by atoms with van der Waals surface area (Å²) in [5.74, 6) is 1.66. The summed E-state index contributed by atoms with van der Waals surface area (Å²) >= 11 is 0. The van der Waals surface area contributed by atoms with Crippen LogP contribution in [-0.2, 0) is 0 Å². The molecule has 1 aromatic heterocycles. The first-order valence-corrected chi connectivity index (χ1v) is 4.68. The molecule has 2 rings (SSSR count). The number of hydrogen-bond acceptors (Lipinski definition) is 5. The number of anilines is 1. The van der Waals surface area contributed by atoms with Crippen molar-refractivity contribution in [3.05, 3.63) is 24.3 Å². The van der Waals surface area contributed by atoms with E-state index in [2.05, 4.69) is 5.16 Å². The average molecular weight is 220 g/mol. The van der Waals surface area contributed by atoms with Gasteiger partial charge < -0.3 is 19.7 Å². The average Bonchev–Trinajstić information content (AvgIpc) is 2.75. The van der Waals surface area contributed by atoms with Gasteiger partial charge in [-0.2, -0.15) is 0 Å². The van der Waals surface area contributed by atoms with Gasteiger partial charge in [-0.25, -0.2) is 0 Å². The van der Waals surface area contributed by atoms with Gasteiger partial charge >= 0.3 is 0 Å². The largest absolute Gasteiger partial charge is 0.497 e. The third-order valence-electron chi connectivity index (χ3n) is 2.18. The maximum atomic E-state index is 5.47. The quantitative estimate of drug-likeness (QED) is 0.855. The van der Waals surface area contributed by atoms with Gasteiger partial charge in [-0.05, 0) is 12.1 Å². The second-order valence-corrected chi connectivity index (χ2v) is 3.22. The minimum atomic E-state index is 0.275. The van der Waals surface area contributed by atoms with Crippen molar-refractivity contribution in [2.45, 2.75) is 0 Å². The highest BCUT2D eigenvalue weighted by Gasteiger charge is 2.08. The number of hydrogen-bond donors (Lipinski definition) is 1. The second-order valence-electron chi connectivity index (χ2n) is 3.22. The van der Waals surface area contributed by atoms with Crippen LogP contribution in [0.2, 0.25) is 0 Å². The molecule has 84 valence electrons. The maximum absolute atomic E-state index is 5.47. The molecule has 16 heavy (non-hydrogen) atoms. The molecule has 0 saturated heterocycles. The van der Waals surface area contributed by atoms with E-state index in [1.807, 2.05) is 12.1 Å². The number of aromatic nitrogens is 1. The Morgan fingerprint density at radius 1 is 1.06 bits per heavy atom. The summed E-state index contributed by atoms with van der Waals surface area (Å²) in [6.45, 7) is 0. The Kier molecular flexibility index (Phi) is 2.68. The lowest BCUT2D eigenvalue weighted by Crippen LogP contribution is -1.88. The fourth-order valence-electron chi connectivity index (χ4n) is 1.38. The first-order valence-electron chi connectivity index (χ1n) is 4.68. The summed E-state index contributed by atoms with van der Waals surface area (Å²) in [5, 5.41) is 3.83. The van der Waals surface area contributed by atoms with E-state index >= 15 is 0 Å². The second kappa shape index (κ2) is 4.14. The molecule has 0 amide bonds. The van der Waals surface area contributed by atoms with Crippen LogP contribution < -0.4 is 15.2 Å². The predicted molar refractivity (Wildman–Crippen MR) is 59.5 cm³/mol. The normalized spacial score (nSPS) is 10.1. The molecule has 2 N–H and O–H groups in total. The summed E-state index contributed by atoms with van der Waals surface area (Å²) in [4.78, 5) is 0. The van der Waals surface area contributed by atoms with E-state index in [9.17, 15) is 0 Å². The Bertz CT molecular complexity index is 471. The third-order valence-corrected chi connectivity index (χ3v) is 2.18. The van der Waals surface area contributed by atoms with Gasteiger partial charge in [0.2, 0.25) is 5.88 Å². The molecule has 2 aromatic rings. The monoisotopic (exact) mass is 220 g/mol. The zero-order valence-corrected chi connectivity index (χ0v) is 9.06. The minimum Gasteiger partial charge on any atom is -0.497 e. The van der Waals surface area contributed by atoms with Gasteiger partial charge in [-0.15, -0.1) is 0 Å². The zero-order valence-electron chi connectivity index (χ0n) is 9.06. The zero-order chi connectivity index (χ0) is 11.5. The summed E-state index contributed by atoms with van der Waals surface area (Å²) in [5.41, 5.74) is 6.94. The maximum Gasteiger partial charge on any atom is 0.222 e. The van der Waals surface area contributed by atoms with Gasteiger partial charge in [0.1, 0.15) is 17.2 Å². The molecule has 5 heteroatoms. The molecule has 0 saturated carbocycles. The SMILES string of the molecule is COc1cc(OC)cc(-c2cc(N)on2)c1. The van der Waals surface area contributed by atoms with E-state index in [-0.39, 0.29) is 5.88 Å². The molecule has 0 unspecified atom stereocenters. The topological polar surface area (TPSA) is 70.5 Å². The molecule has 0 aliphatic heterocycles. The van der Waals surface area contributed by atoms with Crippen molar-refractivity contribution in [2.24, 2.45) is 0 Å². The van der Waals surface area contributed by atoms with E-state index in [1.165, 1.54) is 0 Å². The molecule has 1 aromatic carbocycles. The van der Waals surface area contributed by atoms with Gasteiger partial charge in [0, 0.05) is 17.7 Å². The van der Waals surface area contributed by atoms with Crippen LogP contribution in [0.3, 0.4) is 0 Å². The highest BCUT2D eigenvalue weighted by molar-refractivity contribution is 5.65.